The van der Waals surface area contributed by atoms with Crippen molar-refractivity contribution >= 4 is 11.6 Å². The van der Waals surface area contributed by atoms with Gasteiger partial charge in [-0.05, 0) is 18.3 Å². The van der Waals surface area contributed by atoms with Crippen molar-refractivity contribution in [2.75, 3.05) is 5.88 Å². The smallest absolute Gasteiger partial charge is 0.0225 e. The second kappa shape index (κ2) is 6.97. The molecule has 0 aromatic rings. The molecule has 0 rings (SSSR count). The van der Waals surface area contributed by atoms with Gasteiger partial charge in [0.05, 0.1) is 0 Å². The van der Waals surface area contributed by atoms with Gasteiger partial charge in [0, 0.05) is 5.88 Å². The lowest BCUT2D eigenvalue weighted by Crippen LogP contribution is -1.99. The largest absolute Gasteiger partial charge is 0.127 e. The first-order valence-corrected chi connectivity index (χ1v) is 5.30. The van der Waals surface area contributed by atoms with Gasteiger partial charge < -0.3 is 0 Å². The Labute approximate surface area is 76.3 Å². The minimum Gasteiger partial charge on any atom is -0.127 e. The number of rotatable bonds is 6. The van der Waals surface area contributed by atoms with Gasteiger partial charge in [-0.3, -0.25) is 0 Å². The summed E-state index contributed by atoms with van der Waals surface area (Å²) >= 11 is 5.65. The Morgan fingerprint density at radius 1 is 1.00 bits per heavy atom. The van der Waals surface area contributed by atoms with Gasteiger partial charge in [0.2, 0.25) is 0 Å². The van der Waals surface area contributed by atoms with Crippen LogP contribution in [0.2, 0.25) is 0 Å². The van der Waals surface area contributed by atoms with Crippen LogP contribution in [0.1, 0.15) is 46.5 Å². The zero-order chi connectivity index (χ0) is 8.69. The lowest BCUT2D eigenvalue weighted by atomic mass is 9.95. The summed E-state index contributed by atoms with van der Waals surface area (Å²) in [5.74, 6) is 2.54. The van der Waals surface area contributed by atoms with Crippen LogP contribution < -0.4 is 0 Å². The van der Waals surface area contributed by atoms with Crippen molar-refractivity contribution in [1.82, 2.24) is 0 Å². The van der Waals surface area contributed by atoms with Crippen LogP contribution in [0.4, 0.5) is 0 Å². The molecule has 0 aliphatic rings. The highest BCUT2D eigenvalue weighted by atomic mass is 35.5. The molecule has 2 atom stereocenters. The van der Waals surface area contributed by atoms with Crippen LogP contribution in [-0.2, 0) is 0 Å². The third-order valence-electron chi connectivity index (χ3n) is 2.45. The minimum absolute atomic E-state index is 0.821. The molecule has 0 aromatic carbocycles. The molecule has 0 spiro atoms. The van der Waals surface area contributed by atoms with Crippen LogP contribution >= 0.6 is 11.6 Å². The maximum atomic E-state index is 5.65. The molecule has 0 heterocycles. The second-order valence-corrected chi connectivity index (χ2v) is 4.05. The average molecular weight is 177 g/mol. The lowest BCUT2D eigenvalue weighted by molar-refractivity contribution is 0.417. The van der Waals surface area contributed by atoms with Crippen molar-refractivity contribution < 1.29 is 0 Å². The summed E-state index contributed by atoms with van der Waals surface area (Å²) in [5.41, 5.74) is 0. The van der Waals surface area contributed by atoms with Gasteiger partial charge in [-0.2, -0.15) is 0 Å². The zero-order valence-corrected chi connectivity index (χ0v) is 8.82. The number of hydrogen-bond acceptors (Lipinski definition) is 0. The topological polar surface area (TPSA) is 0 Å². The fraction of sp³-hybridized carbons (Fsp3) is 1.00. The van der Waals surface area contributed by atoms with Crippen LogP contribution in [0, 0.1) is 11.8 Å². The van der Waals surface area contributed by atoms with E-state index in [4.69, 9.17) is 11.6 Å². The summed E-state index contributed by atoms with van der Waals surface area (Å²) in [6, 6.07) is 0. The van der Waals surface area contributed by atoms with Gasteiger partial charge in [-0.1, -0.05) is 40.0 Å². The number of alkyl halides is 1. The van der Waals surface area contributed by atoms with E-state index in [2.05, 4.69) is 20.8 Å². The van der Waals surface area contributed by atoms with Crippen LogP contribution in [0.5, 0.6) is 0 Å². The fourth-order valence-electron chi connectivity index (χ4n) is 1.10. The summed E-state index contributed by atoms with van der Waals surface area (Å²) in [6.07, 6.45) is 5.21. The summed E-state index contributed by atoms with van der Waals surface area (Å²) in [6.45, 7) is 6.88. The third-order valence-corrected chi connectivity index (χ3v) is 2.67. The van der Waals surface area contributed by atoms with Crippen molar-refractivity contribution in [3.8, 4) is 0 Å². The van der Waals surface area contributed by atoms with E-state index >= 15 is 0 Å². The number of halogens is 1. The lowest BCUT2D eigenvalue weighted by Gasteiger charge is -2.12. The van der Waals surface area contributed by atoms with E-state index in [1.807, 2.05) is 0 Å². The van der Waals surface area contributed by atoms with E-state index < -0.39 is 0 Å². The molecule has 0 saturated heterocycles. The van der Waals surface area contributed by atoms with Crippen molar-refractivity contribution in [3.05, 3.63) is 0 Å². The monoisotopic (exact) mass is 176 g/mol. The molecule has 0 saturated carbocycles. The van der Waals surface area contributed by atoms with Gasteiger partial charge >= 0.3 is 0 Å². The molecular formula is C10H21Cl. The highest BCUT2D eigenvalue weighted by molar-refractivity contribution is 6.17. The fourth-order valence-corrected chi connectivity index (χ4v) is 1.48. The van der Waals surface area contributed by atoms with Gasteiger partial charge in [0.1, 0.15) is 0 Å². The third kappa shape index (κ3) is 6.68. The van der Waals surface area contributed by atoms with Gasteiger partial charge in [0.25, 0.3) is 0 Å². The Bertz CT molecular complexity index is 80.9. The molecule has 0 bridgehead atoms. The molecule has 0 nitrogen and oxygen atoms in total. The molecule has 0 radical (unpaired) electrons. The first kappa shape index (κ1) is 11.3. The van der Waals surface area contributed by atoms with Gasteiger partial charge in [-0.15, -0.1) is 11.6 Å². The van der Waals surface area contributed by atoms with Gasteiger partial charge in [-0.25, -0.2) is 0 Å². The summed E-state index contributed by atoms with van der Waals surface area (Å²) < 4.78 is 0. The second-order valence-electron chi connectivity index (χ2n) is 3.67. The summed E-state index contributed by atoms with van der Waals surface area (Å²) in [4.78, 5) is 0. The van der Waals surface area contributed by atoms with E-state index in [1.165, 1.54) is 25.7 Å². The Balaban J connectivity index is 3.22. The first-order chi connectivity index (χ1) is 5.20. The Kier molecular flexibility index (Phi) is 7.15. The van der Waals surface area contributed by atoms with E-state index in [1.54, 1.807) is 0 Å². The highest BCUT2D eigenvalue weighted by Crippen LogP contribution is 2.17. The summed E-state index contributed by atoms with van der Waals surface area (Å²) in [5, 5.41) is 0. The maximum Gasteiger partial charge on any atom is 0.0225 e. The standard InChI is InChI=1S/C10H21Cl/c1-4-9(2)5-6-10(3)7-8-11/h9-10H,4-8H2,1-3H3. The molecule has 0 aromatic heterocycles. The van der Waals surface area contributed by atoms with Crippen LogP contribution in [0.25, 0.3) is 0 Å². The van der Waals surface area contributed by atoms with E-state index in [0.717, 1.165) is 17.7 Å². The molecule has 0 fully saturated rings. The quantitative estimate of drug-likeness (QED) is 0.535. The normalized spacial score (nSPS) is 16.4. The highest BCUT2D eigenvalue weighted by Gasteiger charge is 2.03. The van der Waals surface area contributed by atoms with Crippen molar-refractivity contribution in [1.29, 1.82) is 0 Å². The Hall–Kier alpha value is 0.290. The molecule has 0 N–H and O–H groups in total. The Morgan fingerprint density at radius 2 is 1.55 bits per heavy atom. The minimum atomic E-state index is 0.821. The molecule has 0 aliphatic heterocycles. The van der Waals surface area contributed by atoms with Crippen LogP contribution in [0.15, 0.2) is 0 Å². The van der Waals surface area contributed by atoms with Crippen molar-refractivity contribution in [2.24, 2.45) is 11.8 Å². The zero-order valence-electron chi connectivity index (χ0n) is 8.07. The predicted molar refractivity (Wildman–Crippen MR) is 53.2 cm³/mol. The van der Waals surface area contributed by atoms with E-state index in [9.17, 15) is 0 Å². The average Bonchev–Trinajstić information content (AvgIpc) is 2.01. The SMILES string of the molecule is CCC(C)CCC(C)CCCl. The molecule has 68 valence electrons. The molecule has 1 heteroatoms. The van der Waals surface area contributed by atoms with E-state index in [0.29, 0.717) is 0 Å². The molecule has 0 aliphatic carbocycles. The van der Waals surface area contributed by atoms with Crippen molar-refractivity contribution in [2.45, 2.75) is 46.5 Å². The van der Waals surface area contributed by atoms with Crippen LogP contribution in [0.3, 0.4) is 0 Å². The molecule has 2 unspecified atom stereocenters. The first-order valence-electron chi connectivity index (χ1n) is 4.76. The predicted octanol–water partition coefficient (Wildman–Crippen LogP) is 4.08. The Morgan fingerprint density at radius 3 is 2.00 bits per heavy atom. The maximum absolute atomic E-state index is 5.65. The molecule has 0 amide bonds. The molecular weight excluding hydrogens is 156 g/mol. The number of hydrogen-bond donors (Lipinski definition) is 0. The van der Waals surface area contributed by atoms with E-state index in [-0.39, 0.29) is 0 Å². The molecule has 11 heavy (non-hydrogen) atoms. The van der Waals surface area contributed by atoms with Crippen molar-refractivity contribution in [3.63, 3.8) is 0 Å². The van der Waals surface area contributed by atoms with Crippen LogP contribution in [-0.4, -0.2) is 5.88 Å². The van der Waals surface area contributed by atoms with Gasteiger partial charge in [0.15, 0.2) is 0 Å². The summed E-state index contributed by atoms with van der Waals surface area (Å²) in [7, 11) is 0.